The predicted octanol–water partition coefficient (Wildman–Crippen LogP) is 11.3. The lowest BCUT2D eigenvalue weighted by Crippen LogP contribution is -2.09. The Kier molecular flexibility index (Phi) is 6.88. The first-order valence-electron chi connectivity index (χ1n) is 15.8. The quantitative estimate of drug-likeness (QED) is 0.197. The highest BCUT2D eigenvalue weighted by Crippen LogP contribution is 2.43. The molecule has 0 spiro atoms. The molecule has 4 nitrogen and oxygen atoms in total. The van der Waals surface area contributed by atoms with Crippen LogP contribution in [-0.2, 0) is 0 Å². The normalized spacial score (nSPS) is 12.1. The van der Waals surface area contributed by atoms with E-state index >= 15 is 0 Å². The van der Waals surface area contributed by atoms with E-state index in [1.165, 1.54) is 27.9 Å². The second kappa shape index (κ2) is 10.8. The van der Waals surface area contributed by atoms with Crippen LogP contribution in [0.1, 0.15) is 81.7 Å². The fourth-order valence-corrected chi connectivity index (χ4v) is 6.47. The van der Waals surface area contributed by atoms with Gasteiger partial charge in [-0.15, -0.1) is 0 Å². The predicted molar refractivity (Wildman–Crippen MR) is 184 cm³/mol. The van der Waals surface area contributed by atoms with Crippen LogP contribution in [0.5, 0.6) is 0 Å². The van der Waals surface area contributed by atoms with E-state index in [4.69, 9.17) is 14.4 Å². The molecule has 3 heterocycles. The standard InChI is InChI=1S/C40H39N3O/c1-23(2)31-21-28(27-13-9-8-10-14-27)22-32(24(3)4)37(31)43-35-16-12-11-15-34(35)41-39(43)36-26(7)17-18-29-30-19-20-33(25(5)6)42-40(30)44-38(29)36/h8-25H,1-7H3. The molecule has 0 saturated heterocycles. The first-order chi connectivity index (χ1) is 21.2. The zero-order chi connectivity index (χ0) is 30.7. The van der Waals surface area contributed by atoms with Gasteiger partial charge in [-0.25, -0.2) is 9.97 Å². The van der Waals surface area contributed by atoms with Crippen LogP contribution in [0.25, 0.3) is 61.3 Å². The van der Waals surface area contributed by atoms with E-state index in [9.17, 15) is 0 Å². The van der Waals surface area contributed by atoms with Crippen LogP contribution in [-0.4, -0.2) is 14.5 Å². The lowest BCUT2D eigenvalue weighted by molar-refractivity contribution is 0.648. The molecule has 7 aromatic rings. The van der Waals surface area contributed by atoms with Gasteiger partial charge >= 0.3 is 0 Å². The van der Waals surface area contributed by atoms with Crippen molar-refractivity contribution < 1.29 is 4.42 Å². The number of benzene rings is 4. The van der Waals surface area contributed by atoms with Gasteiger partial charge in [-0.05, 0) is 88.9 Å². The number of fused-ring (bicyclic) bond motifs is 4. The summed E-state index contributed by atoms with van der Waals surface area (Å²) in [5.74, 6) is 1.80. The number of pyridine rings is 1. The van der Waals surface area contributed by atoms with E-state index in [2.05, 4.69) is 144 Å². The summed E-state index contributed by atoms with van der Waals surface area (Å²) < 4.78 is 9.06. The van der Waals surface area contributed by atoms with Gasteiger partial charge < -0.3 is 4.42 Å². The maximum absolute atomic E-state index is 6.66. The number of imidazole rings is 1. The summed E-state index contributed by atoms with van der Waals surface area (Å²) in [4.78, 5) is 10.3. The summed E-state index contributed by atoms with van der Waals surface area (Å²) in [5.41, 5.74) is 13.0. The lowest BCUT2D eigenvalue weighted by atomic mass is 9.88. The minimum atomic E-state index is 0.293. The third-order valence-corrected chi connectivity index (χ3v) is 8.86. The second-order valence-corrected chi connectivity index (χ2v) is 12.9. The second-order valence-electron chi connectivity index (χ2n) is 12.9. The zero-order valence-corrected chi connectivity index (χ0v) is 26.6. The Morgan fingerprint density at radius 1 is 0.636 bits per heavy atom. The van der Waals surface area contributed by atoms with Crippen LogP contribution in [0, 0.1) is 6.92 Å². The Bertz CT molecular complexity index is 2130. The lowest BCUT2D eigenvalue weighted by Gasteiger charge is -2.24. The highest BCUT2D eigenvalue weighted by atomic mass is 16.3. The minimum Gasteiger partial charge on any atom is -0.437 e. The molecule has 0 bridgehead atoms. The number of nitrogens with zero attached hydrogens (tertiary/aromatic N) is 3. The van der Waals surface area contributed by atoms with Gasteiger partial charge in [-0.3, -0.25) is 4.57 Å². The van der Waals surface area contributed by atoms with Crippen LogP contribution in [0.15, 0.2) is 95.4 Å². The van der Waals surface area contributed by atoms with Crippen molar-refractivity contribution in [2.45, 2.75) is 66.2 Å². The molecule has 7 rings (SSSR count). The Morgan fingerprint density at radius 2 is 1.30 bits per heavy atom. The largest absolute Gasteiger partial charge is 0.437 e. The number of rotatable bonds is 6. The van der Waals surface area contributed by atoms with E-state index in [-0.39, 0.29) is 0 Å². The first kappa shape index (κ1) is 28.1. The molecule has 0 amide bonds. The molecule has 0 unspecified atom stereocenters. The van der Waals surface area contributed by atoms with Crippen molar-refractivity contribution >= 4 is 33.1 Å². The minimum absolute atomic E-state index is 0.293. The average molecular weight is 578 g/mol. The summed E-state index contributed by atoms with van der Waals surface area (Å²) in [5, 5.41) is 2.10. The third-order valence-electron chi connectivity index (χ3n) is 8.86. The van der Waals surface area contributed by atoms with Crippen LogP contribution in [0.4, 0.5) is 0 Å². The van der Waals surface area contributed by atoms with E-state index in [0.717, 1.165) is 50.0 Å². The molecule has 3 aromatic heterocycles. The van der Waals surface area contributed by atoms with Crippen molar-refractivity contribution in [2.24, 2.45) is 0 Å². The SMILES string of the molecule is Cc1ccc2c(oc3nc(C(C)C)ccc32)c1-c1nc2ccccc2n1-c1c(C(C)C)cc(-c2ccccc2)cc1C(C)C. The molecule has 0 aliphatic carbocycles. The molecule has 0 fully saturated rings. The van der Waals surface area contributed by atoms with Crippen LogP contribution < -0.4 is 0 Å². The van der Waals surface area contributed by atoms with Gasteiger partial charge in [-0.1, -0.05) is 96.1 Å². The topological polar surface area (TPSA) is 43.9 Å². The highest BCUT2D eigenvalue weighted by Gasteiger charge is 2.26. The monoisotopic (exact) mass is 577 g/mol. The van der Waals surface area contributed by atoms with Gasteiger partial charge in [0.2, 0.25) is 5.71 Å². The number of hydrogen-bond acceptors (Lipinski definition) is 3. The number of para-hydroxylation sites is 2. The zero-order valence-electron chi connectivity index (χ0n) is 26.6. The van der Waals surface area contributed by atoms with Crippen molar-refractivity contribution in [1.29, 1.82) is 0 Å². The average Bonchev–Trinajstić information content (AvgIpc) is 3.58. The molecule has 4 aromatic carbocycles. The summed E-state index contributed by atoms with van der Waals surface area (Å²) in [6, 6.07) is 32.6. The molecular weight excluding hydrogens is 538 g/mol. The van der Waals surface area contributed by atoms with Crippen molar-refractivity contribution in [1.82, 2.24) is 14.5 Å². The summed E-state index contributed by atoms with van der Waals surface area (Å²) in [7, 11) is 0. The van der Waals surface area contributed by atoms with E-state index in [1.54, 1.807) is 0 Å². The van der Waals surface area contributed by atoms with Crippen molar-refractivity contribution in [2.75, 3.05) is 0 Å². The summed E-state index contributed by atoms with van der Waals surface area (Å²) in [6.07, 6.45) is 0. The fraction of sp³-hybridized carbons (Fsp3) is 0.250. The maximum atomic E-state index is 6.66. The number of hydrogen-bond donors (Lipinski definition) is 0. The molecule has 44 heavy (non-hydrogen) atoms. The molecule has 0 aliphatic heterocycles. The third kappa shape index (κ3) is 4.52. The van der Waals surface area contributed by atoms with Crippen LogP contribution in [0.3, 0.4) is 0 Å². The molecule has 4 heteroatoms. The Balaban J connectivity index is 1.59. The highest BCUT2D eigenvalue weighted by molar-refractivity contribution is 6.09. The summed E-state index contributed by atoms with van der Waals surface area (Å²) in [6.45, 7) is 15.6. The maximum Gasteiger partial charge on any atom is 0.227 e. The van der Waals surface area contributed by atoms with Gasteiger partial charge in [-0.2, -0.15) is 0 Å². The number of furan rings is 1. The van der Waals surface area contributed by atoms with Crippen LogP contribution in [0.2, 0.25) is 0 Å². The van der Waals surface area contributed by atoms with Gasteiger partial charge in [0.05, 0.1) is 22.3 Å². The van der Waals surface area contributed by atoms with Gasteiger partial charge in [0.15, 0.2) is 0 Å². The van der Waals surface area contributed by atoms with E-state index in [1.807, 2.05) is 0 Å². The van der Waals surface area contributed by atoms with Crippen molar-refractivity contribution in [3.8, 4) is 28.2 Å². The van der Waals surface area contributed by atoms with Crippen molar-refractivity contribution in [3.63, 3.8) is 0 Å². The number of aryl methyl sites for hydroxylation is 1. The van der Waals surface area contributed by atoms with Gasteiger partial charge in [0, 0.05) is 16.5 Å². The smallest absolute Gasteiger partial charge is 0.227 e. The van der Waals surface area contributed by atoms with E-state index < -0.39 is 0 Å². The fourth-order valence-electron chi connectivity index (χ4n) is 6.47. The Labute approximate surface area is 259 Å². The first-order valence-corrected chi connectivity index (χ1v) is 15.8. The Hall–Kier alpha value is -4.70. The molecule has 0 N–H and O–H groups in total. The molecular formula is C40H39N3O. The molecule has 0 atom stereocenters. The van der Waals surface area contributed by atoms with Crippen LogP contribution >= 0.6 is 0 Å². The Morgan fingerprint density at radius 3 is 1.98 bits per heavy atom. The van der Waals surface area contributed by atoms with Crippen molar-refractivity contribution in [3.05, 3.63) is 113 Å². The molecule has 0 aliphatic rings. The molecule has 0 radical (unpaired) electrons. The van der Waals surface area contributed by atoms with E-state index in [0.29, 0.717) is 23.5 Å². The molecule has 0 saturated carbocycles. The number of aromatic nitrogens is 3. The van der Waals surface area contributed by atoms with Gasteiger partial charge in [0.25, 0.3) is 0 Å². The molecule has 220 valence electrons. The summed E-state index contributed by atoms with van der Waals surface area (Å²) >= 11 is 0. The van der Waals surface area contributed by atoms with Gasteiger partial charge in [0.1, 0.15) is 11.4 Å².